The molecule has 0 aromatic heterocycles. The summed E-state index contributed by atoms with van der Waals surface area (Å²) in [6.07, 6.45) is 0.845. The molecule has 2 saturated heterocycles. The lowest BCUT2D eigenvalue weighted by molar-refractivity contribution is 0.0235. The Morgan fingerprint density at radius 3 is 2.42 bits per heavy atom. The zero-order chi connectivity index (χ0) is 35.8. The van der Waals surface area contributed by atoms with Crippen LogP contribution in [0.5, 0.6) is 0 Å². The van der Waals surface area contributed by atoms with Crippen molar-refractivity contribution in [3.05, 3.63) is 64.9 Å². The Morgan fingerprint density at radius 2 is 1.72 bits per heavy atom. The first kappa shape index (κ1) is 35.8. The van der Waals surface area contributed by atoms with E-state index in [-0.39, 0.29) is 25.2 Å². The number of hydrogen-bond acceptors (Lipinski definition) is 10. The highest BCUT2D eigenvalue weighted by atomic mass is 32.2. The Kier molecular flexibility index (Phi) is 10.3. The molecule has 6 rings (SSSR count). The highest BCUT2D eigenvalue weighted by molar-refractivity contribution is 7.89. The summed E-state index contributed by atoms with van der Waals surface area (Å²) in [5.41, 5.74) is 8.80. The van der Waals surface area contributed by atoms with Gasteiger partial charge in [-0.15, -0.1) is 0 Å². The molecule has 2 fully saturated rings. The van der Waals surface area contributed by atoms with Crippen LogP contribution < -0.4 is 26.4 Å². The molecule has 13 nitrogen and oxygen atoms in total. The Bertz CT molecular complexity index is 1740. The summed E-state index contributed by atoms with van der Waals surface area (Å²) in [5, 5.41) is 6.46. The van der Waals surface area contributed by atoms with E-state index in [2.05, 4.69) is 38.3 Å². The second kappa shape index (κ2) is 14.3. The van der Waals surface area contributed by atoms with E-state index in [9.17, 15) is 26.8 Å². The summed E-state index contributed by atoms with van der Waals surface area (Å²) in [4.78, 5) is 32.7. The number of carbonyl (C=O) groups excluding carboxylic acids is 2. The van der Waals surface area contributed by atoms with E-state index in [0.717, 1.165) is 66.8 Å². The van der Waals surface area contributed by atoms with Gasteiger partial charge < -0.3 is 35.5 Å². The second-order valence-corrected chi connectivity index (χ2v) is 16.2. The second-order valence-electron chi connectivity index (χ2n) is 14.2. The molecule has 272 valence electrons. The third kappa shape index (κ3) is 7.98. The number of ether oxygens (including phenoxy) is 1. The molecule has 1 unspecified atom stereocenters. The van der Waals surface area contributed by atoms with E-state index in [4.69, 9.17) is 4.74 Å². The summed E-state index contributed by atoms with van der Waals surface area (Å²) in [7, 11) is -2.13. The average Bonchev–Trinajstić information content (AvgIpc) is 3.70. The molecule has 0 radical (unpaired) electrons. The lowest BCUT2D eigenvalue weighted by atomic mass is 10.1. The number of halogens is 2. The topological polar surface area (TPSA) is 139 Å². The number of sulfonamides is 1. The lowest BCUT2D eigenvalue weighted by Gasteiger charge is -2.34. The molecular weight excluding hydrogens is 670 g/mol. The van der Waals surface area contributed by atoms with E-state index >= 15 is 0 Å². The maximum atomic E-state index is 14.0. The van der Waals surface area contributed by atoms with Crippen LogP contribution in [0, 0.1) is 11.6 Å². The number of anilines is 2. The van der Waals surface area contributed by atoms with Gasteiger partial charge in [-0.05, 0) is 71.0 Å². The van der Waals surface area contributed by atoms with Gasteiger partial charge in [0, 0.05) is 87.5 Å². The monoisotopic (exact) mass is 716 g/mol. The van der Waals surface area contributed by atoms with Crippen molar-refractivity contribution >= 4 is 33.4 Å². The number of benzene rings is 2. The van der Waals surface area contributed by atoms with Gasteiger partial charge in [-0.2, -0.15) is 4.31 Å². The summed E-state index contributed by atoms with van der Waals surface area (Å²) in [6.45, 7) is 10.0. The van der Waals surface area contributed by atoms with E-state index in [0.29, 0.717) is 42.4 Å². The molecule has 0 aliphatic carbocycles. The largest absolute Gasteiger partial charge is 0.444 e. The van der Waals surface area contributed by atoms with Crippen molar-refractivity contribution in [2.24, 2.45) is 0 Å². The Balaban J connectivity index is 1.20. The summed E-state index contributed by atoms with van der Waals surface area (Å²) >= 11 is 0. The summed E-state index contributed by atoms with van der Waals surface area (Å²) < 4.78 is 61.4. The van der Waals surface area contributed by atoms with Crippen LogP contribution >= 0.6 is 0 Å². The highest BCUT2D eigenvalue weighted by Crippen LogP contribution is 2.30. The van der Waals surface area contributed by atoms with Gasteiger partial charge in [-0.25, -0.2) is 27.4 Å². The van der Waals surface area contributed by atoms with Crippen molar-refractivity contribution in [2.75, 3.05) is 69.6 Å². The fraction of sp³-hybridized carbons (Fsp3) is 0.529. The lowest BCUT2D eigenvalue weighted by Crippen LogP contribution is -2.48. The van der Waals surface area contributed by atoms with Gasteiger partial charge in [0.1, 0.15) is 23.4 Å². The first-order chi connectivity index (χ1) is 23.7. The number of rotatable bonds is 8. The number of carbonyl (C=O) groups is 2. The van der Waals surface area contributed by atoms with Crippen LogP contribution in [0.4, 0.5) is 25.0 Å². The highest BCUT2D eigenvalue weighted by Gasteiger charge is 2.37. The number of likely N-dealkylation sites (tertiary alicyclic amines) is 1. The molecule has 0 bridgehead atoms. The van der Waals surface area contributed by atoms with Crippen LogP contribution in [-0.4, -0.2) is 112 Å². The molecule has 16 heteroatoms. The number of hydrazine groups is 1. The van der Waals surface area contributed by atoms with Crippen molar-refractivity contribution in [2.45, 2.75) is 62.7 Å². The Hall–Kier alpha value is -3.99. The fourth-order valence-corrected chi connectivity index (χ4v) is 8.22. The maximum Gasteiger partial charge on any atom is 0.410 e. The molecule has 4 heterocycles. The quantitative estimate of drug-likeness (QED) is 0.323. The van der Waals surface area contributed by atoms with Crippen molar-refractivity contribution < 1.29 is 31.5 Å². The molecule has 4 aliphatic heterocycles. The number of nitrogens with one attached hydrogen (secondary N) is 4. The molecule has 2 aromatic carbocycles. The Labute approximate surface area is 292 Å². The summed E-state index contributed by atoms with van der Waals surface area (Å²) in [5.74, 6) is -2.36. The smallest absolute Gasteiger partial charge is 0.410 e. The van der Waals surface area contributed by atoms with E-state index < -0.39 is 44.2 Å². The van der Waals surface area contributed by atoms with Gasteiger partial charge in [-0.1, -0.05) is 0 Å². The van der Waals surface area contributed by atoms with Crippen molar-refractivity contribution in [3.63, 3.8) is 0 Å². The number of nitrogens with zero attached hydrogens (tertiary/aromatic N) is 4. The fourth-order valence-electron chi connectivity index (χ4n) is 6.75. The Morgan fingerprint density at radius 1 is 1.00 bits per heavy atom. The predicted octanol–water partition coefficient (Wildman–Crippen LogP) is 3.04. The third-order valence-corrected chi connectivity index (χ3v) is 11.3. The SMILES string of the molecule is CN1CCN(c2ccc(C(=O)NC3NNC4=C3CN(S(=O)(=O)c3cc(F)cc(F)c3)CC4)c(NC[C@@H]3CCCN3C(=O)OC(C)(C)C)c2)CC1. The van der Waals surface area contributed by atoms with Crippen LogP contribution in [0.3, 0.4) is 0 Å². The maximum absolute atomic E-state index is 14.0. The third-order valence-electron chi connectivity index (χ3n) is 9.46. The minimum atomic E-state index is -4.22. The first-order valence-electron chi connectivity index (χ1n) is 17.0. The van der Waals surface area contributed by atoms with Gasteiger partial charge in [0.15, 0.2) is 0 Å². The van der Waals surface area contributed by atoms with E-state index in [1.54, 1.807) is 11.0 Å². The molecule has 2 atom stereocenters. The molecule has 4 aliphatic rings. The molecular formula is C34H46F2N8O5S. The van der Waals surface area contributed by atoms with E-state index in [1.165, 1.54) is 0 Å². The standard InChI is InChI=1S/C34H46F2N8O5S/c1-34(2,3)49-33(46)44-10-5-6-25(44)20-37-30-19-24(42-14-12-41(4)13-15-42)7-8-27(30)32(45)38-31-28-21-43(11-9-29(28)39-40-31)50(47,48)26-17-22(35)16-23(36)18-26/h7-8,16-19,25,31,37,39-40H,5-6,9-15,20-21H2,1-4H3,(H,38,45)/t25-,31?/m0/s1. The number of piperazine rings is 1. The average molecular weight is 717 g/mol. The summed E-state index contributed by atoms with van der Waals surface area (Å²) in [6, 6.07) is 7.76. The van der Waals surface area contributed by atoms with Crippen LogP contribution in [0.15, 0.2) is 52.6 Å². The number of hydrogen-bond donors (Lipinski definition) is 4. The predicted molar refractivity (Wildman–Crippen MR) is 185 cm³/mol. The van der Waals surface area contributed by atoms with Crippen molar-refractivity contribution in [1.29, 1.82) is 0 Å². The van der Waals surface area contributed by atoms with E-state index in [1.807, 2.05) is 32.9 Å². The minimum absolute atomic E-state index is 0.0869. The molecule has 0 saturated carbocycles. The van der Waals surface area contributed by atoms with Crippen LogP contribution in [0.1, 0.15) is 50.4 Å². The number of likely N-dealkylation sites (N-methyl/N-ethyl adjacent to an activating group) is 1. The zero-order valence-electron chi connectivity index (χ0n) is 28.9. The van der Waals surface area contributed by atoms with Crippen LogP contribution in [0.2, 0.25) is 0 Å². The molecule has 0 spiro atoms. The molecule has 2 amide bonds. The number of amides is 2. The molecule has 50 heavy (non-hydrogen) atoms. The van der Waals surface area contributed by atoms with Gasteiger partial charge in [0.25, 0.3) is 5.91 Å². The van der Waals surface area contributed by atoms with Gasteiger partial charge in [0.05, 0.1) is 16.5 Å². The molecule has 4 N–H and O–H groups in total. The van der Waals surface area contributed by atoms with Gasteiger partial charge >= 0.3 is 6.09 Å². The molecule has 2 aromatic rings. The zero-order valence-corrected chi connectivity index (χ0v) is 29.7. The minimum Gasteiger partial charge on any atom is -0.444 e. The first-order valence-corrected chi connectivity index (χ1v) is 18.4. The van der Waals surface area contributed by atoms with Crippen molar-refractivity contribution in [3.8, 4) is 0 Å². The van der Waals surface area contributed by atoms with Crippen molar-refractivity contribution in [1.82, 2.24) is 30.3 Å². The van der Waals surface area contributed by atoms with Crippen LogP contribution in [-0.2, 0) is 14.8 Å². The van der Waals surface area contributed by atoms with Gasteiger partial charge in [-0.3, -0.25) is 4.79 Å². The van der Waals surface area contributed by atoms with Crippen LogP contribution in [0.25, 0.3) is 0 Å². The normalized spacial score (nSPS) is 22.0. The van der Waals surface area contributed by atoms with Gasteiger partial charge in [0.2, 0.25) is 10.0 Å².